The maximum absolute atomic E-state index is 6.20. The molecule has 1 aromatic carbocycles. The Balaban J connectivity index is 2.58. The van der Waals surface area contributed by atoms with E-state index in [-0.39, 0.29) is 5.41 Å². The molecule has 0 spiro atoms. The summed E-state index contributed by atoms with van der Waals surface area (Å²) in [6.45, 7) is 4.86. The molecule has 1 aromatic heterocycles. The maximum Gasteiger partial charge on any atom is 0.0500 e. The minimum atomic E-state index is 0.01000. The highest BCUT2D eigenvalue weighted by atomic mass is 35.5. The van der Waals surface area contributed by atoms with Crippen molar-refractivity contribution in [1.29, 1.82) is 0 Å². The van der Waals surface area contributed by atoms with Gasteiger partial charge in [0.25, 0.3) is 0 Å². The molecule has 0 unspecified atom stereocenters. The van der Waals surface area contributed by atoms with Crippen LogP contribution >= 0.6 is 23.2 Å². The lowest BCUT2D eigenvalue weighted by atomic mass is 9.86. The van der Waals surface area contributed by atoms with Gasteiger partial charge in [0, 0.05) is 32.7 Å². The molecule has 2 N–H and O–H groups in total. The Bertz CT molecular complexity index is 579. The Labute approximate surface area is 117 Å². The van der Waals surface area contributed by atoms with Crippen molar-refractivity contribution >= 4 is 34.0 Å². The lowest BCUT2D eigenvalue weighted by Crippen LogP contribution is -2.26. The van der Waals surface area contributed by atoms with Crippen molar-refractivity contribution in [2.45, 2.75) is 20.3 Å². The van der Waals surface area contributed by atoms with Crippen molar-refractivity contribution in [2.75, 3.05) is 6.54 Å². The van der Waals surface area contributed by atoms with Crippen LogP contribution in [0.1, 0.15) is 19.5 Å². The third-order valence-corrected chi connectivity index (χ3v) is 3.61. The number of aromatic nitrogens is 1. The van der Waals surface area contributed by atoms with Crippen molar-refractivity contribution in [2.24, 2.45) is 11.1 Å². The van der Waals surface area contributed by atoms with Gasteiger partial charge in [0.1, 0.15) is 0 Å². The molecule has 0 saturated carbocycles. The zero-order valence-corrected chi connectivity index (χ0v) is 12.0. The Morgan fingerprint density at radius 1 is 1.22 bits per heavy atom. The highest BCUT2D eigenvalue weighted by Crippen LogP contribution is 2.31. The van der Waals surface area contributed by atoms with Crippen LogP contribution in [0.4, 0.5) is 0 Å². The average molecular weight is 283 g/mol. The zero-order valence-electron chi connectivity index (χ0n) is 10.5. The maximum atomic E-state index is 6.20. The molecule has 2 aromatic rings. The van der Waals surface area contributed by atoms with Gasteiger partial charge in [-0.2, -0.15) is 0 Å². The summed E-state index contributed by atoms with van der Waals surface area (Å²) in [5, 5.41) is 3.29. The van der Waals surface area contributed by atoms with E-state index in [1.165, 1.54) is 0 Å². The van der Waals surface area contributed by atoms with Gasteiger partial charge >= 0.3 is 0 Å². The molecule has 1 heterocycles. The molecular weight excluding hydrogens is 267 g/mol. The van der Waals surface area contributed by atoms with Gasteiger partial charge in [-0.1, -0.05) is 37.0 Å². The van der Waals surface area contributed by atoms with E-state index in [2.05, 4.69) is 18.8 Å². The van der Waals surface area contributed by atoms with Crippen molar-refractivity contribution in [3.63, 3.8) is 0 Å². The second-order valence-corrected chi connectivity index (χ2v) is 6.13. The zero-order chi connectivity index (χ0) is 13.3. The Morgan fingerprint density at radius 2 is 1.94 bits per heavy atom. The summed E-state index contributed by atoms with van der Waals surface area (Å²) in [5.41, 5.74) is 6.78. The molecule has 0 amide bonds. The Kier molecular flexibility index (Phi) is 3.81. The van der Waals surface area contributed by atoms with E-state index in [1.54, 1.807) is 12.3 Å². The number of pyridine rings is 1. The molecular formula is C14H16Cl2N2. The molecule has 0 fully saturated rings. The lowest BCUT2D eigenvalue weighted by Gasteiger charge is -2.22. The van der Waals surface area contributed by atoms with E-state index in [9.17, 15) is 0 Å². The van der Waals surface area contributed by atoms with Crippen LogP contribution in [0.25, 0.3) is 10.8 Å². The van der Waals surface area contributed by atoms with Crippen LogP contribution in [0.2, 0.25) is 10.0 Å². The van der Waals surface area contributed by atoms with Gasteiger partial charge in [0.15, 0.2) is 0 Å². The van der Waals surface area contributed by atoms with E-state index in [1.807, 2.05) is 12.1 Å². The van der Waals surface area contributed by atoms with Crippen LogP contribution < -0.4 is 5.73 Å². The highest BCUT2D eigenvalue weighted by molar-refractivity contribution is 6.38. The number of nitrogens with zero attached hydrogens (tertiary/aromatic N) is 1. The lowest BCUT2D eigenvalue weighted by molar-refractivity contribution is 0.374. The van der Waals surface area contributed by atoms with Gasteiger partial charge in [-0.15, -0.1) is 0 Å². The minimum absolute atomic E-state index is 0.01000. The standard InChI is InChI=1S/C14H16Cl2N2/c1-14(2,8-17)7-13-11-5-9(15)6-12(16)10(11)3-4-18-13/h3-6H,7-8,17H2,1-2H3. The molecule has 96 valence electrons. The monoisotopic (exact) mass is 282 g/mol. The molecule has 0 radical (unpaired) electrons. The van der Waals surface area contributed by atoms with E-state index in [0.29, 0.717) is 16.6 Å². The van der Waals surface area contributed by atoms with Crippen LogP contribution in [0, 0.1) is 5.41 Å². The number of fused-ring (bicyclic) bond motifs is 1. The molecule has 0 aliphatic carbocycles. The molecule has 0 saturated heterocycles. The second kappa shape index (κ2) is 5.04. The summed E-state index contributed by atoms with van der Waals surface area (Å²) >= 11 is 12.3. The Morgan fingerprint density at radius 3 is 2.61 bits per heavy atom. The van der Waals surface area contributed by atoms with Gasteiger partial charge in [-0.3, -0.25) is 4.98 Å². The molecule has 2 nitrogen and oxygen atoms in total. The summed E-state index contributed by atoms with van der Waals surface area (Å²) in [5.74, 6) is 0. The quantitative estimate of drug-likeness (QED) is 0.922. The third-order valence-electron chi connectivity index (χ3n) is 3.08. The number of nitrogens with two attached hydrogens (primary N) is 1. The molecule has 0 atom stereocenters. The first-order valence-corrected chi connectivity index (χ1v) is 6.61. The van der Waals surface area contributed by atoms with Gasteiger partial charge in [-0.25, -0.2) is 0 Å². The molecule has 0 aliphatic rings. The molecule has 4 heteroatoms. The number of halogens is 2. The second-order valence-electron chi connectivity index (χ2n) is 5.29. The number of hydrogen-bond donors (Lipinski definition) is 1. The van der Waals surface area contributed by atoms with Crippen LogP contribution in [-0.2, 0) is 6.42 Å². The van der Waals surface area contributed by atoms with Crippen molar-refractivity contribution < 1.29 is 0 Å². The van der Waals surface area contributed by atoms with Crippen molar-refractivity contribution in [3.05, 3.63) is 40.1 Å². The van der Waals surface area contributed by atoms with Crippen LogP contribution in [0.15, 0.2) is 24.4 Å². The van der Waals surface area contributed by atoms with Crippen molar-refractivity contribution in [1.82, 2.24) is 4.98 Å². The normalized spacial score (nSPS) is 12.1. The average Bonchev–Trinajstić information content (AvgIpc) is 2.30. The van der Waals surface area contributed by atoms with Crippen LogP contribution in [0.5, 0.6) is 0 Å². The molecule has 0 bridgehead atoms. The van der Waals surface area contributed by atoms with E-state index in [0.717, 1.165) is 22.9 Å². The topological polar surface area (TPSA) is 38.9 Å². The first-order chi connectivity index (χ1) is 8.43. The minimum Gasteiger partial charge on any atom is -0.330 e. The first-order valence-electron chi connectivity index (χ1n) is 5.86. The molecule has 18 heavy (non-hydrogen) atoms. The summed E-state index contributed by atoms with van der Waals surface area (Å²) in [4.78, 5) is 4.45. The van der Waals surface area contributed by atoms with E-state index >= 15 is 0 Å². The highest BCUT2D eigenvalue weighted by Gasteiger charge is 2.19. The summed E-state index contributed by atoms with van der Waals surface area (Å²) in [6, 6.07) is 5.58. The van der Waals surface area contributed by atoms with Gasteiger partial charge < -0.3 is 5.73 Å². The van der Waals surface area contributed by atoms with E-state index in [4.69, 9.17) is 28.9 Å². The summed E-state index contributed by atoms with van der Waals surface area (Å²) < 4.78 is 0. The predicted molar refractivity (Wildman–Crippen MR) is 78.3 cm³/mol. The third kappa shape index (κ3) is 2.77. The fourth-order valence-electron chi connectivity index (χ4n) is 1.93. The number of hydrogen-bond acceptors (Lipinski definition) is 2. The smallest absolute Gasteiger partial charge is 0.0500 e. The number of rotatable bonds is 3. The number of benzene rings is 1. The van der Waals surface area contributed by atoms with Gasteiger partial charge in [0.2, 0.25) is 0 Å². The molecule has 2 rings (SSSR count). The first kappa shape index (κ1) is 13.6. The predicted octanol–water partition coefficient (Wildman–Crippen LogP) is 4.07. The van der Waals surface area contributed by atoms with Gasteiger partial charge in [0.05, 0.1) is 0 Å². The summed E-state index contributed by atoms with van der Waals surface area (Å²) in [6.07, 6.45) is 2.58. The Hall–Kier alpha value is -0.830. The van der Waals surface area contributed by atoms with E-state index < -0.39 is 0 Å². The SMILES string of the molecule is CC(C)(CN)Cc1nccc2c(Cl)cc(Cl)cc12. The molecule has 0 aliphatic heterocycles. The summed E-state index contributed by atoms with van der Waals surface area (Å²) in [7, 11) is 0. The largest absolute Gasteiger partial charge is 0.330 e. The van der Waals surface area contributed by atoms with Crippen molar-refractivity contribution in [3.8, 4) is 0 Å². The fraction of sp³-hybridized carbons (Fsp3) is 0.357. The fourth-order valence-corrected chi connectivity index (χ4v) is 2.49. The van der Waals surface area contributed by atoms with Crippen LogP contribution in [-0.4, -0.2) is 11.5 Å². The van der Waals surface area contributed by atoms with Crippen LogP contribution in [0.3, 0.4) is 0 Å². The van der Waals surface area contributed by atoms with Gasteiger partial charge in [-0.05, 0) is 36.6 Å².